The van der Waals surface area contributed by atoms with E-state index in [1.165, 1.54) is 4.90 Å². The van der Waals surface area contributed by atoms with Crippen molar-refractivity contribution in [1.82, 2.24) is 29.6 Å². The maximum atomic E-state index is 14.2. The third-order valence-electron chi connectivity index (χ3n) is 13.8. The van der Waals surface area contributed by atoms with E-state index in [0.29, 0.717) is 59.6 Å². The average molecular weight is 867 g/mol. The number of benzene rings is 2. The summed E-state index contributed by atoms with van der Waals surface area (Å²) >= 11 is 0. The minimum atomic E-state index is -1.06. The van der Waals surface area contributed by atoms with E-state index in [9.17, 15) is 29.2 Å². The van der Waals surface area contributed by atoms with Crippen LogP contribution in [0.2, 0.25) is 0 Å². The summed E-state index contributed by atoms with van der Waals surface area (Å²) < 4.78 is 6.40. The fraction of sp³-hybridized carbons (Fsp3) is 0.458. The molecule has 16 nitrogen and oxygen atoms in total. The van der Waals surface area contributed by atoms with Gasteiger partial charge in [-0.2, -0.15) is 5.26 Å². The van der Waals surface area contributed by atoms with Crippen LogP contribution in [0, 0.1) is 17.2 Å². The van der Waals surface area contributed by atoms with Gasteiger partial charge in [-0.1, -0.05) is 0 Å². The molecule has 2 aromatic carbocycles. The molecule has 0 unspecified atom stereocenters. The van der Waals surface area contributed by atoms with Gasteiger partial charge in [0.05, 0.1) is 33.9 Å². The first kappa shape index (κ1) is 42.8. The van der Waals surface area contributed by atoms with Gasteiger partial charge < -0.3 is 25.2 Å². The summed E-state index contributed by atoms with van der Waals surface area (Å²) in [5, 5.41) is 10.3. The third kappa shape index (κ3) is 8.37. The van der Waals surface area contributed by atoms with Crippen LogP contribution in [0.4, 0.5) is 11.5 Å². The first-order valence-electron chi connectivity index (χ1n) is 22.4. The Balaban J connectivity index is 0.820. The molecule has 16 heteroatoms. The largest absolute Gasteiger partial charge is 0.490 e. The normalized spacial score (nSPS) is 23.5. The number of piperazine rings is 1. The number of likely N-dealkylation sites (tertiary alicyclic amines) is 1. The minimum Gasteiger partial charge on any atom is -0.490 e. The van der Waals surface area contributed by atoms with Gasteiger partial charge in [0.1, 0.15) is 23.7 Å². The SMILES string of the molecule is CN(C)C[C@H]1CN(c2ccc3c(c2)C(=O)N([C@H]2CCC(=O)N(C4CCC(Oc5ccc(C#N)c6ncccc56)CC4)C2=O)C3=O)CCN1CC1CCN(c2ccc(C(N)=O)cn2)CC1. The molecule has 1 aliphatic carbocycles. The minimum absolute atomic E-state index is 0.0653. The molecule has 4 aliphatic heterocycles. The van der Waals surface area contributed by atoms with Gasteiger partial charge in [-0.25, -0.2) is 4.98 Å². The van der Waals surface area contributed by atoms with Gasteiger partial charge in [0.2, 0.25) is 11.8 Å². The molecule has 3 saturated heterocycles. The van der Waals surface area contributed by atoms with E-state index in [2.05, 4.69) is 49.7 Å². The molecule has 2 atom stereocenters. The monoisotopic (exact) mass is 866 g/mol. The van der Waals surface area contributed by atoms with Crippen molar-refractivity contribution in [2.75, 3.05) is 69.7 Å². The number of nitrogens with zero attached hydrogens (tertiary/aromatic N) is 9. The highest BCUT2D eigenvalue weighted by molar-refractivity contribution is 6.23. The Hall–Kier alpha value is -6.44. The van der Waals surface area contributed by atoms with Crippen LogP contribution in [0.1, 0.15) is 88.0 Å². The Morgan fingerprint density at radius 2 is 1.64 bits per heavy atom. The molecule has 4 aromatic rings. The molecule has 0 bridgehead atoms. The maximum Gasteiger partial charge on any atom is 0.262 e. The molecule has 6 heterocycles. The fourth-order valence-electron chi connectivity index (χ4n) is 10.4. The summed E-state index contributed by atoms with van der Waals surface area (Å²) in [6.45, 7) is 5.99. The molecule has 64 heavy (non-hydrogen) atoms. The summed E-state index contributed by atoms with van der Waals surface area (Å²) in [5.41, 5.74) is 8.28. The molecule has 332 valence electrons. The van der Waals surface area contributed by atoms with Crippen LogP contribution < -0.4 is 20.3 Å². The predicted molar refractivity (Wildman–Crippen MR) is 239 cm³/mol. The number of ether oxygens (including phenoxy) is 1. The lowest BCUT2D eigenvalue weighted by atomic mass is 9.89. The summed E-state index contributed by atoms with van der Waals surface area (Å²) in [5.74, 6) is -0.232. The number of carbonyl (C=O) groups excluding carboxylic acids is 5. The number of carbonyl (C=O) groups is 5. The number of piperidine rings is 2. The Kier molecular flexibility index (Phi) is 12.0. The van der Waals surface area contributed by atoms with E-state index in [-0.39, 0.29) is 42.5 Å². The summed E-state index contributed by atoms with van der Waals surface area (Å²) in [4.78, 5) is 87.9. The highest BCUT2D eigenvalue weighted by Crippen LogP contribution is 2.37. The number of nitriles is 1. The number of rotatable bonds is 11. The van der Waals surface area contributed by atoms with Crippen molar-refractivity contribution in [1.29, 1.82) is 5.26 Å². The molecule has 5 amide bonds. The van der Waals surface area contributed by atoms with Gasteiger partial charge in [0, 0.05) is 87.8 Å². The van der Waals surface area contributed by atoms with Crippen LogP contribution in [-0.4, -0.2) is 143 Å². The molecule has 4 fully saturated rings. The molecule has 1 saturated carbocycles. The average Bonchev–Trinajstić information content (AvgIpc) is 3.55. The van der Waals surface area contributed by atoms with E-state index >= 15 is 0 Å². The van der Waals surface area contributed by atoms with E-state index in [4.69, 9.17) is 10.5 Å². The van der Waals surface area contributed by atoms with Crippen LogP contribution in [0.3, 0.4) is 0 Å². The molecular weight excluding hydrogens is 813 g/mol. The first-order chi connectivity index (χ1) is 31.0. The third-order valence-corrected chi connectivity index (χ3v) is 13.8. The lowest BCUT2D eigenvalue weighted by Crippen LogP contribution is -2.59. The second-order valence-electron chi connectivity index (χ2n) is 18.1. The number of nitrogens with two attached hydrogens (primary N) is 1. The van der Waals surface area contributed by atoms with Gasteiger partial charge in [0.15, 0.2) is 0 Å². The van der Waals surface area contributed by atoms with Crippen molar-refractivity contribution in [2.45, 2.75) is 75.6 Å². The van der Waals surface area contributed by atoms with E-state index < -0.39 is 29.7 Å². The first-order valence-corrected chi connectivity index (χ1v) is 22.4. The Morgan fingerprint density at radius 3 is 2.36 bits per heavy atom. The molecule has 2 N–H and O–H groups in total. The Morgan fingerprint density at radius 1 is 0.859 bits per heavy atom. The summed E-state index contributed by atoms with van der Waals surface area (Å²) in [6.07, 6.45) is 7.52. The zero-order valence-corrected chi connectivity index (χ0v) is 36.4. The number of fused-ring (bicyclic) bond motifs is 2. The quantitative estimate of drug-likeness (QED) is 0.213. The lowest BCUT2D eigenvalue weighted by molar-refractivity contribution is -0.155. The van der Waals surface area contributed by atoms with E-state index in [1.807, 2.05) is 24.3 Å². The van der Waals surface area contributed by atoms with Crippen molar-refractivity contribution in [2.24, 2.45) is 11.7 Å². The van der Waals surface area contributed by atoms with Gasteiger partial charge in [-0.05, 0) is 120 Å². The standard InChI is InChI=1S/C48H54N10O6/c1-53(2)28-35-29-56(23-22-55(35)27-30-17-20-54(21-18-30)42-15-6-32(26-52-42)45(50)60)34-9-12-37-39(24-34)47(62)58(46(37)61)40-13-16-43(59)57(48(40)63)33-7-10-36(11-8-33)64-41-14-5-31(25-49)44-38(41)4-3-19-51-44/h3-6,9,12,14-15,19,24,26,30,33,35-36,40H,7-8,10-11,13,16-18,20-23,27-29H2,1-2H3,(H2,50,60)/t33?,35-,36?,40-/m0/s1. The van der Waals surface area contributed by atoms with Crippen molar-refractivity contribution in [3.8, 4) is 11.8 Å². The topological polar surface area (TPSA) is 190 Å². The number of likely N-dealkylation sites (N-methyl/N-ethyl adjacent to an activating group) is 1. The zero-order valence-electron chi connectivity index (χ0n) is 36.4. The fourth-order valence-corrected chi connectivity index (χ4v) is 10.4. The van der Waals surface area contributed by atoms with Gasteiger partial charge in [-0.15, -0.1) is 0 Å². The van der Waals surface area contributed by atoms with Crippen LogP contribution in [0.15, 0.2) is 67.0 Å². The van der Waals surface area contributed by atoms with Gasteiger partial charge in [0.25, 0.3) is 17.7 Å². The number of anilines is 2. The number of primary amides is 1. The number of hydrogen-bond donors (Lipinski definition) is 1. The predicted octanol–water partition coefficient (Wildman–Crippen LogP) is 4.07. The lowest BCUT2D eigenvalue weighted by Gasteiger charge is -2.45. The number of amides is 5. The van der Waals surface area contributed by atoms with Gasteiger partial charge >= 0.3 is 0 Å². The number of hydrogen-bond acceptors (Lipinski definition) is 13. The van der Waals surface area contributed by atoms with Crippen molar-refractivity contribution < 1.29 is 28.7 Å². The second kappa shape index (κ2) is 18.0. The highest BCUT2D eigenvalue weighted by Gasteiger charge is 2.49. The van der Waals surface area contributed by atoms with Crippen molar-refractivity contribution >= 4 is 51.9 Å². The van der Waals surface area contributed by atoms with Crippen LogP contribution in [0.25, 0.3) is 10.9 Å². The second-order valence-corrected chi connectivity index (χ2v) is 18.1. The molecule has 9 rings (SSSR count). The van der Waals surface area contributed by atoms with Crippen molar-refractivity contribution in [3.05, 3.63) is 89.2 Å². The molecule has 5 aliphatic rings. The highest BCUT2D eigenvalue weighted by atomic mass is 16.5. The molecule has 0 radical (unpaired) electrons. The summed E-state index contributed by atoms with van der Waals surface area (Å²) in [6, 6.07) is 17.2. The van der Waals surface area contributed by atoms with E-state index in [0.717, 1.165) is 80.4 Å². The maximum absolute atomic E-state index is 14.2. The molecular formula is C48H54N10O6. The Labute approximate surface area is 372 Å². The smallest absolute Gasteiger partial charge is 0.262 e. The Bertz CT molecular complexity index is 2510. The zero-order chi connectivity index (χ0) is 44.6. The summed E-state index contributed by atoms with van der Waals surface area (Å²) in [7, 11) is 4.17. The number of aromatic nitrogens is 2. The number of imide groups is 2. The van der Waals surface area contributed by atoms with E-state index in [1.54, 1.807) is 42.7 Å². The van der Waals surface area contributed by atoms with Crippen molar-refractivity contribution in [3.63, 3.8) is 0 Å². The molecule has 0 spiro atoms. The van der Waals surface area contributed by atoms with Gasteiger partial charge in [-0.3, -0.25) is 43.7 Å². The molecule has 2 aromatic heterocycles. The van der Waals surface area contributed by atoms with Crippen LogP contribution >= 0.6 is 0 Å². The van der Waals surface area contributed by atoms with Crippen LogP contribution in [0.5, 0.6) is 5.75 Å². The van der Waals surface area contributed by atoms with Crippen LogP contribution in [-0.2, 0) is 9.59 Å². The number of pyridine rings is 2.